The predicted molar refractivity (Wildman–Crippen MR) is 83.8 cm³/mol. The second-order valence-corrected chi connectivity index (χ2v) is 5.95. The van der Waals surface area contributed by atoms with Gasteiger partial charge in [-0.25, -0.2) is 0 Å². The third kappa shape index (κ3) is 5.61. The lowest BCUT2D eigenvalue weighted by molar-refractivity contribution is -0.124. The van der Waals surface area contributed by atoms with Crippen LogP contribution in [0.4, 0.5) is 0 Å². The number of Topliss-reactive ketones (excluding diaryl/α,β-unsaturated/α-hetero) is 1. The van der Waals surface area contributed by atoms with E-state index in [0.29, 0.717) is 12.8 Å². The first-order valence-corrected chi connectivity index (χ1v) is 7.44. The van der Waals surface area contributed by atoms with Gasteiger partial charge in [-0.2, -0.15) is 0 Å². The monoisotopic (exact) mass is 365 g/mol. The SMILES string of the molecule is C=C[C@H](C(C)NC)C(C)C(=O)CC[C@@H](C)C(=O)I. The van der Waals surface area contributed by atoms with Crippen LogP contribution < -0.4 is 5.32 Å². The molecule has 0 saturated carbocycles. The molecule has 4 heteroatoms. The van der Waals surface area contributed by atoms with Gasteiger partial charge < -0.3 is 5.32 Å². The van der Waals surface area contributed by atoms with E-state index in [1.54, 1.807) is 22.6 Å². The molecule has 0 aromatic rings. The molecule has 0 aromatic heterocycles. The van der Waals surface area contributed by atoms with Crippen LogP contribution in [0, 0.1) is 17.8 Å². The van der Waals surface area contributed by atoms with Gasteiger partial charge in [0.1, 0.15) is 5.78 Å². The van der Waals surface area contributed by atoms with E-state index >= 15 is 0 Å². The summed E-state index contributed by atoms with van der Waals surface area (Å²) in [4.78, 5) is 23.2. The minimum absolute atomic E-state index is 0.0364. The molecular weight excluding hydrogens is 341 g/mol. The largest absolute Gasteiger partial charge is 0.317 e. The normalized spacial score (nSPS) is 17.6. The van der Waals surface area contributed by atoms with Gasteiger partial charge in [0.25, 0.3) is 0 Å². The van der Waals surface area contributed by atoms with E-state index < -0.39 is 0 Å². The van der Waals surface area contributed by atoms with Gasteiger partial charge in [-0.3, -0.25) is 9.59 Å². The molecule has 0 heterocycles. The van der Waals surface area contributed by atoms with Gasteiger partial charge in [0.05, 0.1) is 0 Å². The number of carbonyl (C=O) groups excluding carboxylic acids is 2. The lowest BCUT2D eigenvalue weighted by atomic mass is 9.83. The molecule has 1 N–H and O–H groups in total. The maximum absolute atomic E-state index is 12.1. The van der Waals surface area contributed by atoms with E-state index in [1.165, 1.54) is 0 Å². The number of hydrogen-bond acceptors (Lipinski definition) is 3. The van der Waals surface area contributed by atoms with Crippen molar-refractivity contribution in [3.63, 3.8) is 0 Å². The molecule has 0 radical (unpaired) electrons. The number of carbonyl (C=O) groups is 2. The minimum Gasteiger partial charge on any atom is -0.317 e. The van der Waals surface area contributed by atoms with Gasteiger partial charge in [-0.15, -0.1) is 6.58 Å². The lowest BCUT2D eigenvalue weighted by Gasteiger charge is -2.25. The van der Waals surface area contributed by atoms with Gasteiger partial charge in [0.15, 0.2) is 3.79 Å². The second kappa shape index (κ2) is 8.80. The Morgan fingerprint density at radius 1 is 1.33 bits per heavy atom. The van der Waals surface area contributed by atoms with Crippen molar-refractivity contribution in [2.45, 2.75) is 39.7 Å². The Bertz CT molecular complexity index is 304. The first-order chi connectivity index (χ1) is 8.34. The Hall–Kier alpha value is -0.230. The highest BCUT2D eigenvalue weighted by Gasteiger charge is 2.25. The van der Waals surface area contributed by atoms with Gasteiger partial charge in [0.2, 0.25) is 0 Å². The average Bonchev–Trinajstić information content (AvgIpc) is 2.35. The Balaban J connectivity index is 4.40. The lowest BCUT2D eigenvalue weighted by Crippen LogP contribution is -2.36. The summed E-state index contributed by atoms with van der Waals surface area (Å²) < 4.78 is 0.122. The molecule has 0 bridgehead atoms. The highest BCUT2D eigenvalue weighted by atomic mass is 127. The van der Waals surface area contributed by atoms with Crippen LogP contribution in [-0.4, -0.2) is 22.7 Å². The fourth-order valence-corrected chi connectivity index (χ4v) is 2.26. The molecule has 104 valence electrons. The van der Waals surface area contributed by atoms with Crippen molar-refractivity contribution in [2.24, 2.45) is 17.8 Å². The van der Waals surface area contributed by atoms with Crippen LogP contribution in [-0.2, 0) is 9.59 Å². The van der Waals surface area contributed by atoms with E-state index in [2.05, 4.69) is 11.9 Å². The summed E-state index contributed by atoms with van der Waals surface area (Å²) >= 11 is 1.79. The minimum atomic E-state index is -0.0542. The summed E-state index contributed by atoms with van der Waals surface area (Å²) in [6, 6.07) is 0.227. The molecule has 0 fully saturated rings. The average molecular weight is 365 g/mol. The highest BCUT2D eigenvalue weighted by Crippen LogP contribution is 2.21. The van der Waals surface area contributed by atoms with Crippen LogP contribution >= 0.6 is 22.6 Å². The molecule has 0 aromatic carbocycles. The van der Waals surface area contributed by atoms with Gasteiger partial charge >= 0.3 is 0 Å². The standard InChI is InChI=1S/C14H24INO2/c1-6-12(11(4)16-5)10(3)13(17)8-7-9(2)14(15)18/h6,9-12,16H,1,7-8H2,2-5H3/t9-,10?,11?,12+/m1/s1. The quantitative estimate of drug-likeness (QED) is 0.388. The van der Waals surface area contributed by atoms with Crippen LogP contribution in [0.3, 0.4) is 0 Å². The van der Waals surface area contributed by atoms with Crippen LogP contribution in [0.2, 0.25) is 0 Å². The Morgan fingerprint density at radius 3 is 2.28 bits per heavy atom. The summed E-state index contributed by atoms with van der Waals surface area (Å²) in [5, 5.41) is 3.16. The van der Waals surface area contributed by atoms with Crippen molar-refractivity contribution in [3.8, 4) is 0 Å². The van der Waals surface area contributed by atoms with E-state index in [4.69, 9.17) is 0 Å². The molecule has 0 aliphatic carbocycles. The number of hydrogen-bond donors (Lipinski definition) is 1. The second-order valence-electron chi connectivity index (χ2n) is 4.89. The zero-order valence-corrected chi connectivity index (χ0v) is 13.9. The fourth-order valence-electron chi connectivity index (χ4n) is 1.95. The number of halogens is 1. The third-order valence-corrected chi connectivity index (χ3v) is 4.66. The molecule has 0 saturated heterocycles. The van der Waals surface area contributed by atoms with Crippen molar-refractivity contribution < 1.29 is 9.59 Å². The Labute approximate surface area is 124 Å². The summed E-state index contributed by atoms with van der Waals surface area (Å²) in [6.07, 6.45) is 2.96. The summed E-state index contributed by atoms with van der Waals surface area (Å²) in [7, 11) is 1.88. The smallest absolute Gasteiger partial charge is 0.195 e. The predicted octanol–water partition coefficient (Wildman–Crippen LogP) is 2.98. The van der Waals surface area contributed by atoms with Crippen LogP contribution in [0.25, 0.3) is 0 Å². The summed E-state index contributed by atoms with van der Waals surface area (Å²) in [5.41, 5.74) is 0. The van der Waals surface area contributed by atoms with Crippen molar-refractivity contribution in [1.29, 1.82) is 0 Å². The molecule has 18 heavy (non-hydrogen) atoms. The molecule has 2 unspecified atom stereocenters. The zero-order valence-electron chi connectivity index (χ0n) is 11.7. The van der Waals surface area contributed by atoms with E-state index in [-0.39, 0.29) is 33.4 Å². The first kappa shape index (κ1) is 17.8. The van der Waals surface area contributed by atoms with Crippen LogP contribution in [0.5, 0.6) is 0 Å². The topological polar surface area (TPSA) is 46.2 Å². The molecule has 0 rings (SSSR count). The molecule has 0 amide bonds. The molecule has 0 spiro atoms. The molecule has 3 nitrogen and oxygen atoms in total. The maximum Gasteiger partial charge on any atom is 0.195 e. The highest BCUT2D eigenvalue weighted by molar-refractivity contribution is 14.1. The molecule has 0 aliphatic rings. The molecule has 4 atom stereocenters. The summed E-state index contributed by atoms with van der Waals surface area (Å²) in [6.45, 7) is 9.67. The number of nitrogens with one attached hydrogen (secondary N) is 1. The van der Waals surface area contributed by atoms with Crippen molar-refractivity contribution in [2.75, 3.05) is 7.05 Å². The number of rotatable bonds is 9. The van der Waals surface area contributed by atoms with E-state index in [1.807, 2.05) is 33.9 Å². The van der Waals surface area contributed by atoms with E-state index in [9.17, 15) is 9.59 Å². The molecular formula is C14H24INO2. The van der Waals surface area contributed by atoms with Crippen LogP contribution in [0.1, 0.15) is 33.6 Å². The number of ketones is 1. The van der Waals surface area contributed by atoms with E-state index in [0.717, 1.165) is 0 Å². The van der Waals surface area contributed by atoms with Crippen molar-refractivity contribution >= 4 is 32.2 Å². The third-order valence-electron chi connectivity index (χ3n) is 3.60. The van der Waals surface area contributed by atoms with Gasteiger partial charge in [-0.05, 0) is 43.0 Å². The maximum atomic E-state index is 12.1. The van der Waals surface area contributed by atoms with Crippen molar-refractivity contribution in [1.82, 2.24) is 5.32 Å². The van der Waals surface area contributed by atoms with Crippen LogP contribution in [0.15, 0.2) is 12.7 Å². The Kier molecular flexibility index (Phi) is 8.69. The van der Waals surface area contributed by atoms with Crippen molar-refractivity contribution in [3.05, 3.63) is 12.7 Å². The summed E-state index contributed by atoms with van der Waals surface area (Å²) in [5.74, 6) is 0.256. The first-order valence-electron chi connectivity index (χ1n) is 6.37. The fraction of sp³-hybridized carbons (Fsp3) is 0.714. The van der Waals surface area contributed by atoms with Gasteiger partial charge in [-0.1, -0.05) is 19.9 Å². The molecule has 0 aliphatic heterocycles. The zero-order chi connectivity index (χ0) is 14.3. The van der Waals surface area contributed by atoms with Gasteiger partial charge in [0, 0.05) is 30.2 Å². The Morgan fingerprint density at radius 2 is 1.89 bits per heavy atom.